The van der Waals surface area contributed by atoms with Crippen molar-refractivity contribution in [2.75, 3.05) is 6.61 Å². The average Bonchev–Trinajstić information content (AvgIpc) is 2.03. The molecule has 1 atom stereocenters. The van der Waals surface area contributed by atoms with E-state index in [2.05, 4.69) is 0 Å². The third-order valence-corrected chi connectivity index (χ3v) is 1.77. The van der Waals surface area contributed by atoms with Crippen LogP contribution in [0.2, 0.25) is 4.82 Å². The van der Waals surface area contributed by atoms with Crippen molar-refractivity contribution >= 4 is 22.0 Å². The summed E-state index contributed by atoms with van der Waals surface area (Å²) in [6.45, 7) is 2.43. The molecule has 0 aromatic heterocycles. The van der Waals surface area contributed by atoms with Crippen LogP contribution in [0.5, 0.6) is 0 Å². The molecule has 0 heterocycles. The van der Waals surface area contributed by atoms with Gasteiger partial charge in [-0.1, -0.05) is 0 Å². The number of nitriles is 1. The first-order valence-corrected chi connectivity index (χ1v) is 4.55. The van der Waals surface area contributed by atoms with Crippen molar-refractivity contribution in [3.05, 3.63) is 0 Å². The van der Waals surface area contributed by atoms with Gasteiger partial charge in [0.2, 0.25) is 0 Å². The van der Waals surface area contributed by atoms with E-state index < -0.39 is 10.8 Å². The van der Waals surface area contributed by atoms with Crippen LogP contribution in [0.15, 0.2) is 0 Å². The van der Waals surface area contributed by atoms with Crippen LogP contribution < -0.4 is 0 Å². The molecule has 0 bridgehead atoms. The first kappa shape index (κ1) is 10.5. The monoisotopic (exact) mass is 221 g/mol. The molecule has 0 N–H and O–H groups in total. The molecule has 0 aliphatic carbocycles. The standard InChI is InChI=1S/C7H11NO2Se/c1-2-3-4-10-7(9)6(11)5-8/h6,11H,2-4H2,1H3. The van der Waals surface area contributed by atoms with Gasteiger partial charge in [0, 0.05) is 0 Å². The predicted molar refractivity (Wildman–Crippen MR) is 42.4 cm³/mol. The van der Waals surface area contributed by atoms with Crippen LogP contribution in [0.25, 0.3) is 0 Å². The fourth-order valence-corrected chi connectivity index (χ4v) is 0.605. The molecule has 62 valence electrons. The predicted octanol–water partition coefficient (Wildman–Crippen LogP) is 0.543. The van der Waals surface area contributed by atoms with Crippen molar-refractivity contribution in [1.29, 1.82) is 5.26 Å². The van der Waals surface area contributed by atoms with Gasteiger partial charge in [0.25, 0.3) is 0 Å². The van der Waals surface area contributed by atoms with Gasteiger partial charge in [0.15, 0.2) is 0 Å². The Morgan fingerprint density at radius 1 is 1.82 bits per heavy atom. The second-order valence-electron chi connectivity index (χ2n) is 2.05. The van der Waals surface area contributed by atoms with Crippen LogP contribution in [0.1, 0.15) is 19.8 Å². The third kappa shape index (κ3) is 4.83. The number of esters is 1. The summed E-state index contributed by atoms with van der Waals surface area (Å²) >= 11 is 1.98. The van der Waals surface area contributed by atoms with Crippen molar-refractivity contribution < 1.29 is 9.53 Å². The van der Waals surface area contributed by atoms with Gasteiger partial charge in [-0.2, -0.15) is 0 Å². The SMILES string of the molecule is CCCCOC(=O)C([SeH])C#N. The van der Waals surface area contributed by atoms with E-state index in [0.29, 0.717) is 6.61 Å². The van der Waals surface area contributed by atoms with Crippen LogP contribution in [0.3, 0.4) is 0 Å². The number of rotatable bonds is 4. The minimum absolute atomic E-state index is 0.422. The molecule has 1 unspecified atom stereocenters. The second kappa shape index (κ2) is 6.21. The molecule has 0 aliphatic rings. The summed E-state index contributed by atoms with van der Waals surface area (Å²) in [6, 6.07) is 1.79. The number of hydrogen-bond acceptors (Lipinski definition) is 3. The molecule has 0 rings (SSSR count). The summed E-state index contributed by atoms with van der Waals surface area (Å²) in [4.78, 5) is 10.1. The molecular formula is C7H11NO2Se. The van der Waals surface area contributed by atoms with Gasteiger partial charge < -0.3 is 0 Å². The molecule has 0 saturated carbocycles. The summed E-state index contributed by atoms with van der Waals surface area (Å²) in [7, 11) is 0. The number of nitrogens with zero attached hydrogens (tertiary/aromatic N) is 1. The van der Waals surface area contributed by atoms with Crippen molar-refractivity contribution in [3.63, 3.8) is 0 Å². The van der Waals surface area contributed by atoms with Gasteiger partial charge >= 0.3 is 74.0 Å². The van der Waals surface area contributed by atoms with Crippen molar-refractivity contribution in [2.24, 2.45) is 0 Å². The third-order valence-electron chi connectivity index (χ3n) is 1.09. The van der Waals surface area contributed by atoms with Gasteiger partial charge in [0.05, 0.1) is 0 Å². The van der Waals surface area contributed by atoms with E-state index in [4.69, 9.17) is 10.00 Å². The zero-order chi connectivity index (χ0) is 8.69. The molecule has 0 radical (unpaired) electrons. The van der Waals surface area contributed by atoms with E-state index in [1.54, 1.807) is 6.07 Å². The summed E-state index contributed by atoms with van der Waals surface area (Å²) in [6.07, 6.45) is 1.85. The zero-order valence-corrected chi connectivity index (χ0v) is 8.29. The minimum atomic E-state index is -0.695. The van der Waals surface area contributed by atoms with Crippen LogP contribution >= 0.6 is 0 Å². The van der Waals surface area contributed by atoms with Gasteiger partial charge in [-0.25, -0.2) is 0 Å². The van der Waals surface area contributed by atoms with E-state index in [1.807, 2.05) is 22.9 Å². The Balaban J connectivity index is 3.46. The second-order valence-corrected chi connectivity index (χ2v) is 3.14. The zero-order valence-electron chi connectivity index (χ0n) is 6.41. The van der Waals surface area contributed by atoms with Crippen LogP contribution in [0, 0.1) is 11.3 Å². The van der Waals surface area contributed by atoms with Gasteiger partial charge in [-0.05, 0) is 0 Å². The molecule has 4 heteroatoms. The fourth-order valence-electron chi connectivity index (χ4n) is 0.449. The maximum atomic E-state index is 10.8. The van der Waals surface area contributed by atoms with E-state index in [9.17, 15) is 4.79 Å². The van der Waals surface area contributed by atoms with Crippen molar-refractivity contribution in [1.82, 2.24) is 0 Å². The van der Waals surface area contributed by atoms with E-state index in [0.717, 1.165) is 12.8 Å². The van der Waals surface area contributed by atoms with Gasteiger partial charge in [0.1, 0.15) is 0 Å². The summed E-state index contributed by atoms with van der Waals surface area (Å²) in [5.74, 6) is -0.444. The molecule has 0 saturated heterocycles. The quantitative estimate of drug-likeness (QED) is 0.394. The molecule has 0 aromatic rings. The molecule has 0 amide bonds. The van der Waals surface area contributed by atoms with Gasteiger partial charge in [-0.15, -0.1) is 0 Å². The number of hydrogen-bond donors (Lipinski definition) is 0. The number of ether oxygens (including phenoxy) is 1. The first-order valence-electron chi connectivity index (χ1n) is 3.46. The Morgan fingerprint density at radius 2 is 2.45 bits per heavy atom. The topological polar surface area (TPSA) is 50.1 Å². The molecule has 11 heavy (non-hydrogen) atoms. The Kier molecular flexibility index (Phi) is 5.91. The summed E-state index contributed by atoms with van der Waals surface area (Å²) in [5, 5.41) is 8.30. The van der Waals surface area contributed by atoms with Gasteiger partial charge in [-0.3, -0.25) is 0 Å². The Labute approximate surface area is 74.5 Å². The number of carbonyl (C=O) groups is 1. The van der Waals surface area contributed by atoms with E-state index in [1.165, 1.54) is 0 Å². The Morgan fingerprint density at radius 3 is 2.91 bits per heavy atom. The molecular weight excluding hydrogens is 209 g/mol. The molecule has 0 spiro atoms. The van der Waals surface area contributed by atoms with Crippen LogP contribution in [-0.4, -0.2) is 28.6 Å². The molecule has 3 nitrogen and oxygen atoms in total. The normalized spacial score (nSPS) is 11.7. The maximum absolute atomic E-state index is 10.8. The fraction of sp³-hybridized carbons (Fsp3) is 0.714. The van der Waals surface area contributed by atoms with Crippen molar-refractivity contribution in [2.45, 2.75) is 24.6 Å². The average molecular weight is 220 g/mol. The van der Waals surface area contributed by atoms with E-state index >= 15 is 0 Å². The van der Waals surface area contributed by atoms with Crippen LogP contribution in [-0.2, 0) is 9.53 Å². The van der Waals surface area contributed by atoms with Crippen LogP contribution in [0.4, 0.5) is 0 Å². The van der Waals surface area contributed by atoms with Crippen molar-refractivity contribution in [3.8, 4) is 6.07 Å². The Hall–Kier alpha value is -0.521. The molecule has 0 aliphatic heterocycles. The molecule has 0 fully saturated rings. The summed E-state index contributed by atoms with van der Waals surface area (Å²) in [5.41, 5.74) is 0. The molecule has 0 aromatic carbocycles. The number of carbonyl (C=O) groups excluding carboxylic acids is 1. The summed E-state index contributed by atoms with van der Waals surface area (Å²) < 4.78 is 4.76. The Bertz CT molecular complexity index is 164. The first-order chi connectivity index (χ1) is 5.22. The van der Waals surface area contributed by atoms with E-state index in [-0.39, 0.29) is 0 Å². The number of unbranched alkanes of at least 4 members (excludes halogenated alkanes) is 1.